The quantitative estimate of drug-likeness (QED) is 0.639. The van der Waals surface area contributed by atoms with Crippen LogP contribution >= 0.6 is 11.6 Å². The maximum absolute atomic E-state index is 12.3. The third-order valence-electron chi connectivity index (χ3n) is 4.01. The number of aryl methyl sites for hydroxylation is 1. The summed E-state index contributed by atoms with van der Waals surface area (Å²) in [6.07, 6.45) is 0. The molecule has 0 radical (unpaired) electrons. The van der Waals surface area contributed by atoms with Crippen molar-refractivity contribution in [2.24, 2.45) is 0 Å². The Balaban J connectivity index is 1.68. The largest absolute Gasteiger partial charge is 0.452 e. The van der Waals surface area contributed by atoms with Crippen LogP contribution in [0.15, 0.2) is 34.9 Å². The average Bonchev–Trinajstić information content (AvgIpc) is 3.18. The van der Waals surface area contributed by atoms with E-state index in [1.807, 2.05) is 26.8 Å². The van der Waals surface area contributed by atoms with Crippen molar-refractivity contribution in [3.05, 3.63) is 58.2 Å². The highest BCUT2D eigenvalue weighted by molar-refractivity contribution is 6.30. The Labute approximate surface area is 150 Å². The minimum absolute atomic E-state index is 0.0742. The van der Waals surface area contributed by atoms with Crippen LogP contribution in [0.25, 0.3) is 11.4 Å². The second-order valence-corrected chi connectivity index (χ2v) is 6.06. The summed E-state index contributed by atoms with van der Waals surface area (Å²) in [5, 5.41) is 4.52. The summed E-state index contributed by atoms with van der Waals surface area (Å²) in [4.78, 5) is 16.5. The van der Waals surface area contributed by atoms with Crippen LogP contribution in [-0.4, -0.2) is 20.7 Å². The molecule has 0 bridgehead atoms. The van der Waals surface area contributed by atoms with Gasteiger partial charge in [-0.1, -0.05) is 16.8 Å². The van der Waals surface area contributed by atoms with E-state index in [2.05, 4.69) is 14.7 Å². The first-order chi connectivity index (χ1) is 12.0. The number of nitrogens with zero attached hydrogens (tertiary/aromatic N) is 3. The molecule has 3 aromatic rings. The molecule has 130 valence electrons. The van der Waals surface area contributed by atoms with Gasteiger partial charge >= 0.3 is 5.97 Å². The number of hydrogen-bond acceptors (Lipinski definition) is 5. The van der Waals surface area contributed by atoms with Gasteiger partial charge in [-0.25, -0.2) is 4.79 Å². The molecule has 2 heterocycles. The molecular formula is C18H18ClN3O3. The van der Waals surface area contributed by atoms with Crippen molar-refractivity contribution in [3.63, 3.8) is 0 Å². The lowest BCUT2D eigenvalue weighted by Crippen LogP contribution is -2.07. The van der Waals surface area contributed by atoms with Gasteiger partial charge in [0.25, 0.3) is 5.89 Å². The van der Waals surface area contributed by atoms with Crippen molar-refractivity contribution < 1.29 is 14.1 Å². The molecular weight excluding hydrogens is 342 g/mol. The maximum atomic E-state index is 12.3. The van der Waals surface area contributed by atoms with E-state index >= 15 is 0 Å². The van der Waals surface area contributed by atoms with E-state index in [1.54, 1.807) is 24.3 Å². The number of hydrogen-bond donors (Lipinski definition) is 0. The molecule has 0 aliphatic rings. The molecule has 0 spiro atoms. The molecule has 0 saturated carbocycles. The predicted octanol–water partition coefficient (Wildman–Crippen LogP) is 4.19. The third kappa shape index (κ3) is 3.58. The topological polar surface area (TPSA) is 70.2 Å². The monoisotopic (exact) mass is 359 g/mol. The van der Waals surface area contributed by atoms with Crippen molar-refractivity contribution in [3.8, 4) is 11.4 Å². The summed E-state index contributed by atoms with van der Waals surface area (Å²) >= 11 is 5.86. The standard InChI is InChI=1S/C18H18ClN3O3/c1-4-22-11(2)9-15(12(22)3)18(23)24-10-16-20-17(21-25-16)13-5-7-14(19)8-6-13/h5-9H,4,10H2,1-3H3. The van der Waals surface area contributed by atoms with Gasteiger partial charge in [0.1, 0.15) is 0 Å². The summed E-state index contributed by atoms with van der Waals surface area (Å²) in [6.45, 7) is 6.63. The molecule has 25 heavy (non-hydrogen) atoms. The van der Waals surface area contributed by atoms with E-state index in [0.29, 0.717) is 16.4 Å². The van der Waals surface area contributed by atoms with E-state index in [-0.39, 0.29) is 12.5 Å². The molecule has 0 aliphatic heterocycles. The zero-order chi connectivity index (χ0) is 18.0. The van der Waals surface area contributed by atoms with Crippen LogP contribution in [0, 0.1) is 13.8 Å². The van der Waals surface area contributed by atoms with Gasteiger partial charge in [-0.05, 0) is 51.1 Å². The van der Waals surface area contributed by atoms with E-state index in [1.165, 1.54) is 0 Å². The SMILES string of the molecule is CCn1c(C)cc(C(=O)OCc2nc(-c3ccc(Cl)cc3)no2)c1C. The predicted molar refractivity (Wildman–Crippen MR) is 93.4 cm³/mol. The minimum atomic E-state index is -0.404. The number of carbonyl (C=O) groups is 1. The van der Waals surface area contributed by atoms with Crippen LogP contribution in [0.5, 0.6) is 0 Å². The van der Waals surface area contributed by atoms with Crippen LogP contribution in [0.3, 0.4) is 0 Å². The summed E-state index contributed by atoms with van der Waals surface area (Å²) in [6, 6.07) is 8.91. The van der Waals surface area contributed by atoms with E-state index in [9.17, 15) is 4.79 Å². The molecule has 0 fully saturated rings. The Morgan fingerprint density at radius 3 is 2.64 bits per heavy atom. The second kappa shape index (κ2) is 7.11. The Morgan fingerprint density at radius 2 is 2.00 bits per heavy atom. The highest BCUT2D eigenvalue weighted by atomic mass is 35.5. The minimum Gasteiger partial charge on any atom is -0.452 e. The number of ether oxygens (including phenoxy) is 1. The van der Waals surface area contributed by atoms with E-state index < -0.39 is 5.97 Å². The van der Waals surface area contributed by atoms with Crippen molar-refractivity contribution in [1.82, 2.24) is 14.7 Å². The number of esters is 1. The van der Waals surface area contributed by atoms with Crippen LogP contribution in [0.2, 0.25) is 5.02 Å². The molecule has 7 heteroatoms. The first kappa shape index (κ1) is 17.2. The van der Waals surface area contributed by atoms with E-state index in [0.717, 1.165) is 23.5 Å². The summed E-state index contributed by atoms with van der Waals surface area (Å²) in [5.41, 5.74) is 3.24. The second-order valence-electron chi connectivity index (χ2n) is 5.62. The fraction of sp³-hybridized carbons (Fsp3) is 0.278. The highest BCUT2D eigenvalue weighted by Crippen LogP contribution is 2.20. The van der Waals surface area contributed by atoms with Gasteiger partial charge in [0.15, 0.2) is 6.61 Å². The lowest BCUT2D eigenvalue weighted by atomic mass is 10.2. The summed E-state index contributed by atoms with van der Waals surface area (Å²) in [5.74, 6) is 0.258. The van der Waals surface area contributed by atoms with Gasteiger partial charge in [-0.15, -0.1) is 0 Å². The van der Waals surface area contributed by atoms with Crippen molar-refractivity contribution >= 4 is 17.6 Å². The fourth-order valence-electron chi connectivity index (χ4n) is 2.73. The van der Waals surface area contributed by atoms with Crippen LogP contribution in [0.4, 0.5) is 0 Å². The number of rotatable bonds is 5. The summed E-state index contributed by atoms with van der Waals surface area (Å²) < 4.78 is 12.5. The van der Waals surface area contributed by atoms with Gasteiger partial charge in [0.2, 0.25) is 5.82 Å². The fourth-order valence-corrected chi connectivity index (χ4v) is 2.86. The molecule has 0 aliphatic carbocycles. The molecule has 0 N–H and O–H groups in total. The Bertz CT molecular complexity index is 897. The van der Waals surface area contributed by atoms with Crippen LogP contribution in [-0.2, 0) is 17.9 Å². The molecule has 0 unspecified atom stereocenters. The summed E-state index contributed by atoms with van der Waals surface area (Å²) in [7, 11) is 0. The Kier molecular flexibility index (Phi) is 4.90. The zero-order valence-electron chi connectivity index (χ0n) is 14.2. The number of aromatic nitrogens is 3. The Hall–Kier alpha value is -2.60. The lowest BCUT2D eigenvalue weighted by molar-refractivity contribution is 0.0429. The molecule has 0 saturated heterocycles. The van der Waals surface area contributed by atoms with Gasteiger partial charge in [0.05, 0.1) is 5.56 Å². The van der Waals surface area contributed by atoms with Crippen molar-refractivity contribution in [2.45, 2.75) is 33.9 Å². The Morgan fingerprint density at radius 1 is 1.28 bits per heavy atom. The molecule has 1 aromatic carbocycles. The normalized spacial score (nSPS) is 10.9. The highest BCUT2D eigenvalue weighted by Gasteiger charge is 2.18. The molecule has 3 rings (SSSR count). The molecule has 0 amide bonds. The lowest BCUT2D eigenvalue weighted by Gasteiger charge is -2.05. The number of carbonyl (C=O) groups excluding carboxylic acids is 1. The number of halogens is 1. The molecule has 0 atom stereocenters. The van der Waals surface area contributed by atoms with Crippen molar-refractivity contribution in [1.29, 1.82) is 0 Å². The molecule has 2 aromatic heterocycles. The van der Waals surface area contributed by atoms with Gasteiger partial charge < -0.3 is 13.8 Å². The average molecular weight is 360 g/mol. The number of benzene rings is 1. The van der Waals surface area contributed by atoms with Crippen LogP contribution < -0.4 is 0 Å². The zero-order valence-corrected chi connectivity index (χ0v) is 15.0. The van der Waals surface area contributed by atoms with Crippen molar-refractivity contribution in [2.75, 3.05) is 0 Å². The maximum Gasteiger partial charge on any atom is 0.340 e. The third-order valence-corrected chi connectivity index (χ3v) is 4.26. The van der Waals surface area contributed by atoms with E-state index in [4.69, 9.17) is 20.9 Å². The molecule has 6 nitrogen and oxygen atoms in total. The van der Waals surface area contributed by atoms with Gasteiger partial charge in [-0.3, -0.25) is 0 Å². The first-order valence-corrected chi connectivity index (χ1v) is 8.29. The van der Waals surface area contributed by atoms with Gasteiger partial charge in [-0.2, -0.15) is 4.98 Å². The van der Waals surface area contributed by atoms with Gasteiger partial charge in [0, 0.05) is 28.5 Å². The first-order valence-electron chi connectivity index (χ1n) is 7.92. The van der Waals surface area contributed by atoms with Crippen LogP contribution in [0.1, 0.15) is 34.6 Å². The smallest absolute Gasteiger partial charge is 0.340 e.